The second-order valence-electron chi connectivity index (χ2n) is 2.95. The van der Waals surface area contributed by atoms with E-state index in [0.29, 0.717) is 0 Å². The van der Waals surface area contributed by atoms with Crippen molar-refractivity contribution in [3.8, 4) is 0 Å². The van der Waals surface area contributed by atoms with E-state index < -0.39 is 37.0 Å². The summed E-state index contributed by atoms with van der Waals surface area (Å²) in [5.41, 5.74) is 5.02. The number of rotatable bonds is 1. The monoisotopic (exact) mass is 197 g/mol. The number of aliphatic hydroxyl groups is 4. The van der Waals surface area contributed by atoms with Crippen LogP contribution in [0.2, 0.25) is 0 Å². The van der Waals surface area contributed by atoms with Crippen molar-refractivity contribution in [1.29, 1.82) is 0 Å². The van der Waals surface area contributed by atoms with E-state index >= 15 is 0 Å². The largest absolute Gasteiger partial charge is 0.394 e. The summed E-state index contributed by atoms with van der Waals surface area (Å²) < 4.78 is 17.2. The minimum Gasteiger partial charge on any atom is -0.394 e. The van der Waals surface area contributed by atoms with Gasteiger partial charge in [-0.05, 0) is 0 Å². The lowest BCUT2D eigenvalue weighted by Crippen LogP contribution is -2.66. The Labute approximate surface area is 73.4 Å². The highest BCUT2D eigenvalue weighted by Crippen LogP contribution is 2.27. The van der Waals surface area contributed by atoms with Gasteiger partial charge in [-0.2, -0.15) is 4.39 Å². The van der Waals surface area contributed by atoms with Gasteiger partial charge >= 0.3 is 6.04 Å². The van der Waals surface area contributed by atoms with Crippen LogP contribution < -0.4 is 5.73 Å². The molecule has 1 aliphatic heterocycles. The SMILES string of the molecule is N[C@@H]1[C@@H](O)[C@H](O)[C@@H](CO)OC1(O)F. The fraction of sp³-hybridized carbons (Fsp3) is 1.00. The van der Waals surface area contributed by atoms with Crippen LogP contribution in [0.5, 0.6) is 0 Å². The Kier molecular flexibility index (Phi) is 2.85. The third-order valence-electron chi connectivity index (χ3n) is 2.01. The summed E-state index contributed by atoms with van der Waals surface area (Å²) in [6, 6.07) is -4.99. The Morgan fingerprint density at radius 1 is 1.38 bits per heavy atom. The van der Waals surface area contributed by atoms with E-state index in [1.165, 1.54) is 0 Å². The maximum absolute atomic E-state index is 13.0. The molecule has 7 heteroatoms. The van der Waals surface area contributed by atoms with Crippen LogP contribution in [-0.4, -0.2) is 57.4 Å². The molecule has 0 radical (unpaired) electrons. The van der Waals surface area contributed by atoms with Crippen molar-refractivity contribution in [3.63, 3.8) is 0 Å². The molecule has 0 amide bonds. The number of hydrogen-bond acceptors (Lipinski definition) is 6. The molecule has 0 aromatic rings. The fourth-order valence-corrected chi connectivity index (χ4v) is 1.15. The highest BCUT2D eigenvalue weighted by atomic mass is 19.2. The summed E-state index contributed by atoms with van der Waals surface area (Å²) in [5, 5.41) is 35.7. The number of hydrogen-bond donors (Lipinski definition) is 5. The molecule has 0 aromatic carbocycles. The van der Waals surface area contributed by atoms with Gasteiger partial charge in [-0.1, -0.05) is 0 Å². The van der Waals surface area contributed by atoms with Gasteiger partial charge in [-0.25, -0.2) is 0 Å². The predicted molar refractivity (Wildman–Crippen MR) is 38.0 cm³/mol. The van der Waals surface area contributed by atoms with Crippen molar-refractivity contribution < 1.29 is 29.6 Å². The van der Waals surface area contributed by atoms with Crippen molar-refractivity contribution in [2.45, 2.75) is 30.4 Å². The quantitative estimate of drug-likeness (QED) is 0.307. The lowest BCUT2D eigenvalue weighted by molar-refractivity contribution is -0.372. The Morgan fingerprint density at radius 3 is 2.38 bits per heavy atom. The van der Waals surface area contributed by atoms with Gasteiger partial charge in [0.15, 0.2) is 0 Å². The van der Waals surface area contributed by atoms with Gasteiger partial charge in [0.05, 0.1) is 6.61 Å². The first-order valence-corrected chi connectivity index (χ1v) is 3.72. The van der Waals surface area contributed by atoms with Crippen LogP contribution in [0.15, 0.2) is 0 Å². The summed E-state index contributed by atoms with van der Waals surface area (Å²) in [6.07, 6.45) is -4.58. The molecule has 5 atom stereocenters. The minimum absolute atomic E-state index is 0.725. The summed E-state index contributed by atoms with van der Waals surface area (Å²) in [6.45, 7) is -0.725. The van der Waals surface area contributed by atoms with E-state index in [9.17, 15) is 4.39 Å². The van der Waals surface area contributed by atoms with Crippen LogP contribution in [0.1, 0.15) is 0 Å². The van der Waals surface area contributed by atoms with E-state index in [1.807, 2.05) is 0 Å². The third kappa shape index (κ3) is 1.80. The number of ether oxygens (including phenoxy) is 1. The second kappa shape index (κ2) is 3.45. The normalized spacial score (nSPS) is 52.2. The maximum atomic E-state index is 13.0. The first-order valence-electron chi connectivity index (χ1n) is 3.72. The Bertz CT molecular complexity index is 188. The van der Waals surface area contributed by atoms with Gasteiger partial charge < -0.3 is 30.9 Å². The second-order valence-corrected chi connectivity index (χ2v) is 2.95. The van der Waals surface area contributed by atoms with Crippen molar-refractivity contribution in [3.05, 3.63) is 0 Å². The van der Waals surface area contributed by atoms with Crippen LogP contribution in [0, 0.1) is 0 Å². The van der Waals surface area contributed by atoms with E-state index in [4.69, 9.17) is 26.2 Å². The molecule has 0 aliphatic carbocycles. The van der Waals surface area contributed by atoms with Crippen LogP contribution in [0.4, 0.5) is 4.39 Å². The molecule has 6 nitrogen and oxygen atoms in total. The predicted octanol–water partition coefficient (Wildman–Crippen LogP) is -2.96. The molecule has 1 aliphatic rings. The lowest BCUT2D eigenvalue weighted by atomic mass is 9.97. The molecule has 1 unspecified atom stereocenters. The van der Waals surface area contributed by atoms with Crippen LogP contribution in [0.25, 0.3) is 0 Å². The van der Waals surface area contributed by atoms with Crippen molar-refractivity contribution in [1.82, 2.24) is 0 Å². The molecule has 0 saturated carbocycles. The summed E-state index contributed by atoms with van der Waals surface area (Å²) in [5.74, 6) is 0. The summed E-state index contributed by atoms with van der Waals surface area (Å²) in [7, 11) is 0. The standard InChI is InChI=1S/C6H12FNO5/c7-6(12)5(8)4(11)3(10)2(1-9)13-6/h2-5,9-12H,1,8H2/t2-,3-,4+,5-,6?/m1/s1. The van der Waals surface area contributed by atoms with Gasteiger partial charge in [0.25, 0.3) is 0 Å². The first kappa shape index (κ1) is 10.8. The number of aliphatic hydroxyl groups excluding tert-OH is 3. The van der Waals surface area contributed by atoms with E-state index in [2.05, 4.69) is 4.74 Å². The maximum Gasteiger partial charge on any atom is 0.336 e. The highest BCUT2D eigenvalue weighted by Gasteiger charge is 2.52. The molecule has 0 bridgehead atoms. The van der Waals surface area contributed by atoms with Gasteiger partial charge in [0, 0.05) is 0 Å². The zero-order valence-corrected chi connectivity index (χ0v) is 6.67. The lowest BCUT2D eigenvalue weighted by Gasteiger charge is -2.41. The fourth-order valence-electron chi connectivity index (χ4n) is 1.15. The molecule has 1 fully saturated rings. The van der Waals surface area contributed by atoms with Gasteiger partial charge in [0.1, 0.15) is 24.4 Å². The van der Waals surface area contributed by atoms with Crippen molar-refractivity contribution in [2.75, 3.05) is 6.61 Å². The smallest absolute Gasteiger partial charge is 0.336 e. The van der Waals surface area contributed by atoms with Crippen LogP contribution in [-0.2, 0) is 4.74 Å². The Hall–Kier alpha value is -0.310. The molecule has 0 spiro atoms. The average molecular weight is 197 g/mol. The van der Waals surface area contributed by atoms with Gasteiger partial charge in [0.2, 0.25) is 0 Å². The Balaban J connectivity index is 2.79. The van der Waals surface area contributed by atoms with E-state index in [0.717, 1.165) is 0 Å². The number of nitrogens with two attached hydrogens (primary N) is 1. The molecular weight excluding hydrogens is 185 g/mol. The van der Waals surface area contributed by atoms with E-state index in [-0.39, 0.29) is 0 Å². The molecule has 78 valence electrons. The van der Waals surface area contributed by atoms with Crippen molar-refractivity contribution in [2.24, 2.45) is 5.73 Å². The minimum atomic E-state index is -3.23. The van der Waals surface area contributed by atoms with E-state index in [1.54, 1.807) is 0 Å². The Morgan fingerprint density at radius 2 is 1.92 bits per heavy atom. The topological polar surface area (TPSA) is 116 Å². The highest BCUT2D eigenvalue weighted by molar-refractivity contribution is 4.93. The molecule has 1 rings (SSSR count). The van der Waals surface area contributed by atoms with Crippen LogP contribution >= 0.6 is 0 Å². The van der Waals surface area contributed by atoms with Crippen molar-refractivity contribution >= 4 is 0 Å². The zero-order chi connectivity index (χ0) is 10.2. The molecule has 1 heterocycles. The number of halogens is 1. The molecule has 1 saturated heterocycles. The molecule has 6 N–H and O–H groups in total. The average Bonchev–Trinajstić information content (AvgIpc) is 2.08. The first-order chi connectivity index (χ1) is 5.90. The number of alkyl halides is 1. The van der Waals surface area contributed by atoms with Crippen LogP contribution in [0.3, 0.4) is 0 Å². The van der Waals surface area contributed by atoms with Gasteiger partial charge in [-0.15, -0.1) is 0 Å². The van der Waals surface area contributed by atoms with Gasteiger partial charge in [-0.3, -0.25) is 0 Å². The molecule has 0 aromatic heterocycles. The molecular formula is C6H12FNO5. The molecule has 13 heavy (non-hydrogen) atoms. The summed E-state index contributed by atoms with van der Waals surface area (Å²) >= 11 is 0. The third-order valence-corrected chi connectivity index (χ3v) is 2.01. The summed E-state index contributed by atoms with van der Waals surface area (Å²) in [4.78, 5) is 0. The zero-order valence-electron chi connectivity index (χ0n) is 6.67.